The zero-order valence-corrected chi connectivity index (χ0v) is 31.8. The van der Waals surface area contributed by atoms with Crippen LogP contribution < -0.4 is 32.7 Å². The van der Waals surface area contributed by atoms with Crippen molar-refractivity contribution in [2.45, 2.75) is 54.4 Å². The van der Waals surface area contributed by atoms with Gasteiger partial charge in [-0.05, 0) is 83.3 Å². The standard InChI is InChI=1S/C42H42N8O6/c1-41(2,3)23-35(51)47-31-13-9-15-33(45-31)49-39(55)29-19-25(17-27(21-29)37(43)53)11-7-8-12-26-18-28(38(44)54)22-30(20-26)40(56)50-34-16-10-14-32(46-34)48-36(52)24-42(4,5)6/h9-10,13-22H,23-24H2,1-6H3,(H2,43,53)(H2,44,54)(H2,45,47,49,51,55)(H2,46,48,50,52,56). The number of amides is 6. The highest BCUT2D eigenvalue weighted by atomic mass is 16.2. The SMILES string of the molecule is CC(C)(C)CC(=O)Nc1cccc(NC(=O)c2cc(C#CC#Cc3cc(C(N)=O)cc(C(=O)Nc4cccc(NC(=O)CC(C)(C)C)n4)c3)cc(C(N)=O)c2)n1. The molecule has 0 radical (unpaired) electrons. The van der Waals surface area contributed by atoms with Crippen LogP contribution in [0.25, 0.3) is 0 Å². The first-order valence-electron chi connectivity index (χ1n) is 17.3. The lowest BCUT2D eigenvalue weighted by Crippen LogP contribution is -2.21. The van der Waals surface area contributed by atoms with Crippen molar-refractivity contribution in [3.63, 3.8) is 0 Å². The quantitative estimate of drug-likeness (QED) is 0.116. The van der Waals surface area contributed by atoms with Crippen molar-refractivity contribution in [3.8, 4) is 23.7 Å². The Morgan fingerprint density at radius 1 is 0.518 bits per heavy atom. The Morgan fingerprint density at radius 3 is 1.16 bits per heavy atom. The van der Waals surface area contributed by atoms with Gasteiger partial charge in [-0.25, -0.2) is 9.97 Å². The maximum absolute atomic E-state index is 13.2. The molecule has 0 saturated heterocycles. The topological polar surface area (TPSA) is 228 Å². The van der Waals surface area contributed by atoms with Crippen LogP contribution in [0.5, 0.6) is 0 Å². The van der Waals surface area contributed by atoms with Gasteiger partial charge < -0.3 is 32.7 Å². The van der Waals surface area contributed by atoms with Crippen molar-refractivity contribution in [3.05, 3.63) is 106 Å². The second-order valence-corrected chi connectivity index (χ2v) is 15.1. The number of pyridine rings is 2. The van der Waals surface area contributed by atoms with Crippen molar-refractivity contribution >= 4 is 58.7 Å². The Kier molecular flexibility index (Phi) is 13.1. The summed E-state index contributed by atoms with van der Waals surface area (Å²) in [4.78, 5) is 83.9. The molecule has 0 atom stereocenters. The van der Waals surface area contributed by atoms with Crippen LogP contribution in [0.3, 0.4) is 0 Å². The van der Waals surface area contributed by atoms with Gasteiger partial charge in [0.05, 0.1) is 0 Å². The number of benzene rings is 2. The molecule has 4 rings (SSSR count). The van der Waals surface area contributed by atoms with Crippen molar-refractivity contribution in [1.29, 1.82) is 0 Å². The number of primary amides is 2. The van der Waals surface area contributed by atoms with E-state index < -0.39 is 23.6 Å². The highest BCUT2D eigenvalue weighted by Crippen LogP contribution is 2.21. The molecule has 0 aliphatic carbocycles. The summed E-state index contributed by atoms with van der Waals surface area (Å²) in [7, 11) is 0. The highest BCUT2D eigenvalue weighted by Gasteiger charge is 2.19. The first kappa shape index (κ1) is 41.4. The van der Waals surface area contributed by atoms with Crippen molar-refractivity contribution < 1.29 is 28.8 Å². The van der Waals surface area contributed by atoms with Crippen molar-refractivity contribution in [2.24, 2.45) is 22.3 Å². The van der Waals surface area contributed by atoms with Crippen LogP contribution in [0.4, 0.5) is 23.3 Å². The average molecular weight is 755 g/mol. The minimum absolute atomic E-state index is 0.0168. The molecule has 2 aromatic carbocycles. The number of nitrogens with two attached hydrogens (primary N) is 2. The normalized spacial score (nSPS) is 10.8. The van der Waals surface area contributed by atoms with E-state index in [0.29, 0.717) is 0 Å². The molecular weight excluding hydrogens is 713 g/mol. The lowest BCUT2D eigenvalue weighted by molar-refractivity contribution is -0.118. The monoisotopic (exact) mass is 754 g/mol. The minimum Gasteiger partial charge on any atom is -0.366 e. The molecular formula is C42H42N8O6. The third-order valence-corrected chi connectivity index (χ3v) is 7.33. The Labute approximate surface area is 324 Å². The molecule has 0 saturated carbocycles. The van der Waals surface area contributed by atoms with E-state index in [0.717, 1.165) is 0 Å². The summed E-state index contributed by atoms with van der Waals surface area (Å²) in [5.41, 5.74) is 11.2. The van der Waals surface area contributed by atoms with Gasteiger partial charge in [-0.2, -0.15) is 0 Å². The number of rotatable bonds is 10. The van der Waals surface area contributed by atoms with Crippen molar-refractivity contribution in [1.82, 2.24) is 9.97 Å². The molecule has 8 N–H and O–H groups in total. The summed E-state index contributed by atoms with van der Waals surface area (Å²) in [6.45, 7) is 11.6. The van der Waals surface area contributed by atoms with E-state index in [-0.39, 0.29) is 92.1 Å². The second-order valence-electron chi connectivity index (χ2n) is 15.1. The maximum Gasteiger partial charge on any atom is 0.256 e. The predicted octanol–water partition coefficient (Wildman–Crippen LogP) is 5.33. The number of hydrogen-bond donors (Lipinski definition) is 6. The zero-order valence-electron chi connectivity index (χ0n) is 31.8. The predicted molar refractivity (Wildman–Crippen MR) is 213 cm³/mol. The van der Waals surface area contributed by atoms with Gasteiger partial charge in [-0.3, -0.25) is 28.8 Å². The molecule has 0 spiro atoms. The van der Waals surface area contributed by atoms with Gasteiger partial charge in [0.1, 0.15) is 23.3 Å². The number of hydrogen-bond acceptors (Lipinski definition) is 8. The third-order valence-electron chi connectivity index (χ3n) is 7.33. The third kappa shape index (κ3) is 13.3. The summed E-state index contributed by atoms with van der Waals surface area (Å²) in [6.07, 6.45) is 0.541. The molecule has 6 amide bonds. The fraction of sp³-hybridized carbons (Fsp3) is 0.238. The van der Waals surface area contributed by atoms with E-state index in [1.54, 1.807) is 36.4 Å². The number of anilines is 4. The fourth-order valence-corrected chi connectivity index (χ4v) is 5.02. The summed E-state index contributed by atoms with van der Waals surface area (Å²) in [5.74, 6) is 8.36. The van der Waals surface area contributed by atoms with Gasteiger partial charge in [-0.15, -0.1) is 0 Å². The average Bonchev–Trinajstić information content (AvgIpc) is 3.08. The second kappa shape index (κ2) is 17.7. The fourth-order valence-electron chi connectivity index (χ4n) is 5.02. The van der Waals surface area contributed by atoms with Crippen LogP contribution in [0.15, 0.2) is 72.8 Å². The van der Waals surface area contributed by atoms with Crippen LogP contribution in [0, 0.1) is 34.5 Å². The number of carbonyl (C=O) groups excluding carboxylic acids is 6. The molecule has 0 aliphatic rings. The lowest BCUT2D eigenvalue weighted by Gasteiger charge is -2.17. The van der Waals surface area contributed by atoms with Crippen LogP contribution in [0.2, 0.25) is 0 Å². The first-order valence-corrected chi connectivity index (χ1v) is 17.3. The molecule has 0 fully saturated rings. The van der Waals surface area contributed by atoms with Gasteiger partial charge in [0.25, 0.3) is 11.8 Å². The van der Waals surface area contributed by atoms with E-state index in [9.17, 15) is 28.8 Å². The highest BCUT2D eigenvalue weighted by molar-refractivity contribution is 6.07. The van der Waals surface area contributed by atoms with E-state index in [1.807, 2.05) is 41.5 Å². The molecule has 2 aromatic heterocycles. The Balaban J connectivity index is 1.52. The van der Waals surface area contributed by atoms with E-state index >= 15 is 0 Å². The molecule has 56 heavy (non-hydrogen) atoms. The number of aromatic nitrogens is 2. The van der Waals surface area contributed by atoms with Crippen molar-refractivity contribution in [2.75, 3.05) is 21.3 Å². The van der Waals surface area contributed by atoms with Gasteiger partial charge in [0.2, 0.25) is 23.6 Å². The molecule has 0 unspecified atom stereocenters. The molecule has 14 nitrogen and oxygen atoms in total. The molecule has 0 bridgehead atoms. The van der Waals surface area contributed by atoms with E-state index in [2.05, 4.69) is 54.9 Å². The molecule has 4 aromatic rings. The van der Waals surface area contributed by atoms with Crippen LogP contribution >= 0.6 is 0 Å². The number of carbonyl (C=O) groups is 6. The molecule has 0 aliphatic heterocycles. The summed E-state index contributed by atoms with van der Waals surface area (Å²) < 4.78 is 0. The maximum atomic E-state index is 13.2. The lowest BCUT2D eigenvalue weighted by atomic mass is 9.92. The first-order chi connectivity index (χ1) is 26.2. The Hall–Kier alpha value is -7.32. The molecule has 14 heteroatoms. The summed E-state index contributed by atoms with van der Waals surface area (Å²) in [6, 6.07) is 17.8. The molecule has 2 heterocycles. The van der Waals surface area contributed by atoms with Gasteiger partial charge in [0, 0.05) is 46.2 Å². The number of nitrogens with zero attached hydrogens (tertiary/aromatic N) is 2. The smallest absolute Gasteiger partial charge is 0.256 e. The Bertz CT molecular complexity index is 2190. The number of nitrogens with one attached hydrogen (secondary N) is 4. The summed E-state index contributed by atoms with van der Waals surface area (Å²) >= 11 is 0. The van der Waals surface area contributed by atoms with Gasteiger partial charge in [0.15, 0.2) is 0 Å². The van der Waals surface area contributed by atoms with Crippen LogP contribution in [-0.4, -0.2) is 45.4 Å². The summed E-state index contributed by atoms with van der Waals surface area (Å²) in [5, 5.41) is 10.7. The van der Waals surface area contributed by atoms with Gasteiger partial charge in [-0.1, -0.05) is 65.5 Å². The van der Waals surface area contributed by atoms with Gasteiger partial charge >= 0.3 is 0 Å². The van der Waals surface area contributed by atoms with E-state index in [1.165, 1.54) is 36.4 Å². The molecule has 286 valence electrons. The minimum atomic E-state index is -0.795. The Morgan fingerprint density at radius 2 is 0.839 bits per heavy atom. The largest absolute Gasteiger partial charge is 0.366 e. The zero-order chi connectivity index (χ0) is 41.2. The van der Waals surface area contributed by atoms with E-state index in [4.69, 9.17) is 11.5 Å². The van der Waals surface area contributed by atoms with Crippen LogP contribution in [0.1, 0.15) is 107 Å². The van der Waals surface area contributed by atoms with Crippen LogP contribution in [-0.2, 0) is 9.59 Å².